The number of β-lactam (4-membered cyclic amide) rings is 1. The minimum absolute atomic E-state index is 0.0680. The van der Waals surface area contributed by atoms with E-state index in [1.807, 2.05) is 52.0 Å². The summed E-state index contributed by atoms with van der Waals surface area (Å²) in [5.74, 6) is -0.178. The molecule has 5 heteroatoms. The number of carbonyl (C=O) groups excluding carboxylic acids is 2. The zero-order valence-electron chi connectivity index (χ0n) is 17.1. The molecule has 2 atom stereocenters. The molecule has 1 heterocycles. The molecule has 0 aromatic heterocycles. The van der Waals surface area contributed by atoms with Crippen LogP contribution in [0.5, 0.6) is 5.75 Å². The molecule has 2 aromatic carbocycles. The first kappa shape index (κ1) is 19.9. The van der Waals surface area contributed by atoms with E-state index in [2.05, 4.69) is 0 Å². The maximum atomic E-state index is 13.0. The molecule has 1 aliphatic rings. The summed E-state index contributed by atoms with van der Waals surface area (Å²) < 4.78 is 10.8. The molecule has 1 amide bonds. The molecule has 0 spiro atoms. The van der Waals surface area contributed by atoms with Crippen molar-refractivity contribution in [1.29, 1.82) is 0 Å². The second-order valence-corrected chi connectivity index (χ2v) is 8.18. The van der Waals surface area contributed by atoms with Gasteiger partial charge >= 0.3 is 5.97 Å². The molecule has 3 rings (SSSR count). The summed E-state index contributed by atoms with van der Waals surface area (Å²) in [5, 5.41) is 0. The molecule has 2 aromatic rings. The number of esters is 1. The van der Waals surface area contributed by atoms with Crippen molar-refractivity contribution >= 4 is 17.6 Å². The van der Waals surface area contributed by atoms with Gasteiger partial charge in [0.15, 0.2) is 0 Å². The zero-order valence-corrected chi connectivity index (χ0v) is 17.1. The lowest BCUT2D eigenvalue weighted by atomic mass is 9.81. The number of benzene rings is 2. The molecule has 0 bridgehead atoms. The van der Waals surface area contributed by atoms with E-state index in [9.17, 15) is 9.59 Å². The molecular formula is C23H27NO4. The van der Waals surface area contributed by atoms with Gasteiger partial charge in [-0.05, 0) is 63.9 Å². The van der Waals surface area contributed by atoms with E-state index < -0.39 is 17.6 Å². The molecule has 0 radical (unpaired) electrons. The average Bonchev–Trinajstić information content (AvgIpc) is 2.64. The molecule has 148 valence electrons. The van der Waals surface area contributed by atoms with Crippen LogP contribution in [0.3, 0.4) is 0 Å². The molecule has 1 aliphatic heterocycles. The van der Waals surface area contributed by atoms with Crippen LogP contribution >= 0.6 is 0 Å². The molecule has 0 aliphatic carbocycles. The lowest BCUT2D eigenvalue weighted by Gasteiger charge is -2.46. The van der Waals surface area contributed by atoms with Gasteiger partial charge < -0.3 is 9.47 Å². The van der Waals surface area contributed by atoms with Gasteiger partial charge in [-0.2, -0.15) is 0 Å². The predicted octanol–water partition coefficient (Wildman–Crippen LogP) is 3.92. The molecule has 28 heavy (non-hydrogen) atoms. The third-order valence-corrected chi connectivity index (χ3v) is 4.79. The van der Waals surface area contributed by atoms with Gasteiger partial charge in [0.25, 0.3) is 0 Å². The van der Waals surface area contributed by atoms with Crippen LogP contribution in [-0.4, -0.2) is 30.6 Å². The van der Waals surface area contributed by atoms with Crippen molar-refractivity contribution in [3.63, 3.8) is 0 Å². The maximum absolute atomic E-state index is 13.0. The van der Waals surface area contributed by atoms with Gasteiger partial charge in [-0.3, -0.25) is 9.69 Å². The summed E-state index contributed by atoms with van der Waals surface area (Å²) in [6, 6.07) is 14.5. The van der Waals surface area contributed by atoms with E-state index in [1.165, 1.54) is 4.90 Å². The van der Waals surface area contributed by atoms with Crippen LogP contribution in [-0.2, 0) is 20.7 Å². The monoisotopic (exact) mass is 381 g/mol. The molecule has 0 N–H and O–H groups in total. The van der Waals surface area contributed by atoms with Crippen LogP contribution < -0.4 is 9.64 Å². The normalized spacial score (nSPS) is 19.2. The highest BCUT2D eigenvalue weighted by atomic mass is 16.6. The van der Waals surface area contributed by atoms with Crippen molar-refractivity contribution in [3.05, 3.63) is 59.7 Å². The Morgan fingerprint density at radius 3 is 2.18 bits per heavy atom. The molecule has 5 nitrogen and oxygen atoms in total. The van der Waals surface area contributed by atoms with Crippen LogP contribution in [0, 0.1) is 12.8 Å². The van der Waals surface area contributed by atoms with Gasteiger partial charge in [0.2, 0.25) is 5.91 Å². The van der Waals surface area contributed by atoms with Crippen molar-refractivity contribution in [1.82, 2.24) is 0 Å². The fourth-order valence-corrected chi connectivity index (χ4v) is 3.39. The summed E-state index contributed by atoms with van der Waals surface area (Å²) in [5.41, 5.74) is 2.25. The fraction of sp³-hybridized carbons (Fsp3) is 0.391. The summed E-state index contributed by atoms with van der Waals surface area (Å²) >= 11 is 0. The minimum Gasteiger partial charge on any atom is -0.497 e. The molecular weight excluding hydrogens is 354 g/mol. The topological polar surface area (TPSA) is 55.8 Å². The highest BCUT2D eigenvalue weighted by Crippen LogP contribution is 2.37. The van der Waals surface area contributed by atoms with E-state index in [1.54, 1.807) is 31.4 Å². The number of hydrogen-bond donors (Lipinski definition) is 0. The van der Waals surface area contributed by atoms with Crippen LogP contribution in [0.1, 0.15) is 31.9 Å². The van der Waals surface area contributed by atoms with Gasteiger partial charge in [0.05, 0.1) is 13.0 Å². The van der Waals surface area contributed by atoms with Crippen LogP contribution in [0.4, 0.5) is 5.69 Å². The number of anilines is 1. The molecule has 1 saturated heterocycles. The first-order valence-corrected chi connectivity index (χ1v) is 9.45. The van der Waals surface area contributed by atoms with Crippen molar-refractivity contribution in [2.75, 3.05) is 12.0 Å². The molecule has 0 saturated carbocycles. The number of hydrogen-bond acceptors (Lipinski definition) is 4. The maximum Gasteiger partial charge on any atom is 0.330 e. The van der Waals surface area contributed by atoms with Crippen LogP contribution in [0.2, 0.25) is 0 Å². The standard InChI is InChI=1S/C23H27NO4/c1-15-6-8-16(9-7-15)14-19-20(22(26)28-23(2,3)4)24(21(19)25)17-10-12-18(27-5)13-11-17/h6-13,19-20H,14H2,1-5H3/t19-,20-/m0/s1. The van der Waals surface area contributed by atoms with Crippen molar-refractivity contribution < 1.29 is 19.1 Å². The number of nitrogens with zero attached hydrogens (tertiary/aromatic N) is 1. The second kappa shape index (κ2) is 7.66. The summed E-state index contributed by atoms with van der Waals surface area (Å²) in [4.78, 5) is 27.4. The van der Waals surface area contributed by atoms with Crippen molar-refractivity contribution in [3.8, 4) is 5.75 Å². The van der Waals surface area contributed by atoms with Crippen LogP contribution in [0.15, 0.2) is 48.5 Å². The Labute approximate surface area is 166 Å². The zero-order chi connectivity index (χ0) is 20.5. The van der Waals surface area contributed by atoms with Crippen molar-refractivity contribution in [2.45, 2.75) is 45.8 Å². The van der Waals surface area contributed by atoms with Gasteiger partial charge in [-0.1, -0.05) is 29.8 Å². The number of ether oxygens (including phenoxy) is 2. The van der Waals surface area contributed by atoms with E-state index in [4.69, 9.17) is 9.47 Å². The fourth-order valence-electron chi connectivity index (χ4n) is 3.39. The first-order chi connectivity index (χ1) is 13.2. The highest BCUT2D eigenvalue weighted by molar-refractivity contribution is 6.10. The highest BCUT2D eigenvalue weighted by Gasteiger charge is 2.53. The SMILES string of the molecule is COc1ccc(N2C(=O)[C@@H](Cc3ccc(C)cc3)[C@H]2C(=O)OC(C)(C)C)cc1. The van der Waals surface area contributed by atoms with E-state index >= 15 is 0 Å². The van der Waals surface area contributed by atoms with Crippen LogP contribution in [0.25, 0.3) is 0 Å². The Kier molecular flexibility index (Phi) is 5.45. The number of methoxy groups -OCH3 is 1. The lowest BCUT2D eigenvalue weighted by Crippen LogP contribution is -2.66. The quantitative estimate of drug-likeness (QED) is 0.582. The lowest BCUT2D eigenvalue weighted by molar-refractivity contribution is -0.163. The van der Waals surface area contributed by atoms with Gasteiger partial charge in [-0.15, -0.1) is 0 Å². The van der Waals surface area contributed by atoms with Gasteiger partial charge in [-0.25, -0.2) is 4.79 Å². The average molecular weight is 381 g/mol. The van der Waals surface area contributed by atoms with E-state index in [-0.39, 0.29) is 11.9 Å². The second-order valence-electron chi connectivity index (χ2n) is 8.18. The Balaban J connectivity index is 1.87. The molecule has 1 fully saturated rings. The summed E-state index contributed by atoms with van der Waals surface area (Å²) in [7, 11) is 1.59. The Bertz CT molecular complexity index is 850. The molecule has 0 unspecified atom stereocenters. The largest absolute Gasteiger partial charge is 0.497 e. The summed E-state index contributed by atoms with van der Waals surface area (Å²) in [6.45, 7) is 7.52. The van der Waals surface area contributed by atoms with Gasteiger partial charge in [0, 0.05) is 5.69 Å². The smallest absolute Gasteiger partial charge is 0.330 e. The Morgan fingerprint density at radius 2 is 1.64 bits per heavy atom. The summed E-state index contributed by atoms with van der Waals surface area (Å²) in [6.07, 6.45) is 0.510. The minimum atomic E-state index is -0.638. The number of aryl methyl sites for hydroxylation is 1. The predicted molar refractivity (Wildman–Crippen MR) is 108 cm³/mol. The third kappa shape index (κ3) is 4.19. The first-order valence-electron chi connectivity index (χ1n) is 9.45. The Morgan fingerprint density at radius 1 is 1.04 bits per heavy atom. The Hall–Kier alpha value is -2.82. The third-order valence-electron chi connectivity index (χ3n) is 4.79. The number of amides is 1. The number of carbonyl (C=O) groups is 2. The van der Waals surface area contributed by atoms with Crippen molar-refractivity contribution in [2.24, 2.45) is 5.92 Å². The number of rotatable bonds is 5. The van der Waals surface area contributed by atoms with Gasteiger partial charge in [0.1, 0.15) is 17.4 Å². The van der Waals surface area contributed by atoms with E-state index in [0.29, 0.717) is 17.9 Å². The van der Waals surface area contributed by atoms with E-state index in [0.717, 1.165) is 11.1 Å².